The Hall–Kier alpha value is -2.64. The van der Waals surface area contributed by atoms with Gasteiger partial charge in [-0.2, -0.15) is 0 Å². The number of hydrogen-bond acceptors (Lipinski definition) is 6. The van der Waals surface area contributed by atoms with Crippen molar-refractivity contribution < 1.29 is 14.3 Å². The van der Waals surface area contributed by atoms with E-state index >= 15 is 0 Å². The van der Waals surface area contributed by atoms with Crippen LogP contribution in [0.25, 0.3) is 0 Å². The first-order valence-corrected chi connectivity index (χ1v) is 8.23. The molecule has 1 aromatic carbocycles. The molecule has 1 N–H and O–H groups in total. The number of aromatic nitrogens is 4. The van der Waals surface area contributed by atoms with E-state index in [1.165, 1.54) is 0 Å². The number of nitrogens with zero attached hydrogens (tertiary/aromatic N) is 4. The standard InChI is InChI=1S/C16H19N5O3/c22-16(12-3-1-2-8-21-15(12)18-19-20-21)17-7-6-11-4-5-13-14(9-11)24-10-23-13/h4-5,9,12H,1-3,6-8,10H2,(H,17,22). The van der Waals surface area contributed by atoms with Crippen LogP contribution in [0.15, 0.2) is 18.2 Å². The van der Waals surface area contributed by atoms with Crippen LogP contribution in [-0.2, 0) is 17.8 Å². The number of carbonyl (C=O) groups excluding carboxylic acids is 1. The maximum atomic E-state index is 12.5. The van der Waals surface area contributed by atoms with Gasteiger partial charge in [0.1, 0.15) is 0 Å². The zero-order valence-electron chi connectivity index (χ0n) is 13.3. The molecule has 0 saturated heterocycles. The molecule has 2 aliphatic rings. The Morgan fingerprint density at radius 3 is 3.17 bits per heavy atom. The quantitative estimate of drug-likeness (QED) is 0.901. The highest BCUT2D eigenvalue weighted by molar-refractivity contribution is 5.82. The number of carbonyl (C=O) groups is 1. The first kappa shape index (κ1) is 14.9. The Kier molecular flexibility index (Phi) is 4.02. The van der Waals surface area contributed by atoms with Crippen LogP contribution in [0.5, 0.6) is 11.5 Å². The van der Waals surface area contributed by atoms with Gasteiger partial charge in [-0.15, -0.1) is 5.10 Å². The Morgan fingerprint density at radius 1 is 1.29 bits per heavy atom. The molecule has 24 heavy (non-hydrogen) atoms. The lowest BCUT2D eigenvalue weighted by molar-refractivity contribution is -0.122. The summed E-state index contributed by atoms with van der Waals surface area (Å²) < 4.78 is 12.4. The van der Waals surface area contributed by atoms with Crippen LogP contribution in [0.3, 0.4) is 0 Å². The van der Waals surface area contributed by atoms with E-state index in [1.54, 1.807) is 4.68 Å². The summed E-state index contributed by atoms with van der Waals surface area (Å²) in [5, 5.41) is 14.7. The molecule has 0 aliphatic carbocycles. The number of rotatable bonds is 4. The molecule has 0 bridgehead atoms. The van der Waals surface area contributed by atoms with E-state index in [1.807, 2.05) is 18.2 Å². The van der Waals surface area contributed by atoms with Crippen LogP contribution in [0.1, 0.15) is 36.6 Å². The van der Waals surface area contributed by atoms with Crippen LogP contribution < -0.4 is 14.8 Å². The minimum Gasteiger partial charge on any atom is -0.454 e. The van der Waals surface area contributed by atoms with Gasteiger partial charge in [0, 0.05) is 13.1 Å². The third kappa shape index (κ3) is 2.91. The van der Waals surface area contributed by atoms with Crippen molar-refractivity contribution in [3.05, 3.63) is 29.6 Å². The molecule has 8 heteroatoms. The molecule has 1 aromatic heterocycles. The number of tetrazole rings is 1. The third-order valence-electron chi connectivity index (χ3n) is 4.45. The third-order valence-corrected chi connectivity index (χ3v) is 4.45. The minimum atomic E-state index is -0.265. The number of fused-ring (bicyclic) bond motifs is 2. The lowest BCUT2D eigenvalue weighted by Gasteiger charge is -2.13. The van der Waals surface area contributed by atoms with Crippen LogP contribution >= 0.6 is 0 Å². The molecule has 2 aromatic rings. The molecule has 1 amide bonds. The van der Waals surface area contributed by atoms with Gasteiger partial charge < -0.3 is 14.8 Å². The second kappa shape index (κ2) is 6.46. The first-order valence-electron chi connectivity index (χ1n) is 8.23. The molecule has 2 aliphatic heterocycles. The summed E-state index contributed by atoms with van der Waals surface area (Å²) in [6.07, 6.45) is 3.51. The molecule has 0 spiro atoms. The monoisotopic (exact) mass is 329 g/mol. The maximum absolute atomic E-state index is 12.5. The highest BCUT2D eigenvalue weighted by atomic mass is 16.7. The summed E-state index contributed by atoms with van der Waals surface area (Å²) in [5.41, 5.74) is 1.10. The van der Waals surface area contributed by atoms with E-state index in [9.17, 15) is 4.79 Å². The lowest BCUT2D eigenvalue weighted by Crippen LogP contribution is -2.32. The van der Waals surface area contributed by atoms with Crippen molar-refractivity contribution in [3.8, 4) is 11.5 Å². The summed E-state index contributed by atoms with van der Waals surface area (Å²) in [5.74, 6) is 1.94. The number of hydrogen-bond donors (Lipinski definition) is 1. The largest absolute Gasteiger partial charge is 0.454 e. The minimum absolute atomic E-state index is 0.00584. The van der Waals surface area contributed by atoms with Crippen molar-refractivity contribution in [2.24, 2.45) is 0 Å². The topological polar surface area (TPSA) is 91.2 Å². The molecule has 4 rings (SSSR count). The van der Waals surface area contributed by atoms with Crippen molar-refractivity contribution >= 4 is 5.91 Å². The normalized spacial score (nSPS) is 18.8. The van der Waals surface area contributed by atoms with Crippen LogP contribution in [0, 0.1) is 0 Å². The van der Waals surface area contributed by atoms with E-state index < -0.39 is 0 Å². The number of benzene rings is 1. The van der Waals surface area contributed by atoms with Gasteiger partial charge in [0.25, 0.3) is 0 Å². The molecule has 3 heterocycles. The fourth-order valence-electron chi connectivity index (χ4n) is 3.16. The molecule has 8 nitrogen and oxygen atoms in total. The predicted molar refractivity (Wildman–Crippen MR) is 83.7 cm³/mol. The lowest BCUT2D eigenvalue weighted by atomic mass is 10.0. The Labute approximate surface area is 139 Å². The van der Waals surface area contributed by atoms with Gasteiger partial charge >= 0.3 is 0 Å². The van der Waals surface area contributed by atoms with Crippen molar-refractivity contribution in [1.82, 2.24) is 25.5 Å². The Morgan fingerprint density at radius 2 is 2.21 bits per heavy atom. The molecule has 126 valence electrons. The van der Waals surface area contributed by atoms with Gasteiger partial charge in [0.15, 0.2) is 17.3 Å². The van der Waals surface area contributed by atoms with Gasteiger partial charge in [-0.1, -0.05) is 12.5 Å². The SMILES string of the molecule is O=C(NCCc1ccc2c(c1)OCO2)C1CCCCn2nnnc21. The summed E-state index contributed by atoms with van der Waals surface area (Å²) >= 11 is 0. The molecule has 1 atom stereocenters. The van der Waals surface area contributed by atoms with Gasteiger partial charge in [-0.3, -0.25) is 4.79 Å². The van der Waals surface area contributed by atoms with Crippen molar-refractivity contribution in [3.63, 3.8) is 0 Å². The predicted octanol–water partition coefficient (Wildman–Crippen LogP) is 1.03. The maximum Gasteiger partial charge on any atom is 0.231 e. The van der Waals surface area contributed by atoms with E-state index in [0.717, 1.165) is 49.3 Å². The van der Waals surface area contributed by atoms with Crippen molar-refractivity contribution in [2.75, 3.05) is 13.3 Å². The Bertz CT molecular complexity index is 745. The van der Waals surface area contributed by atoms with Gasteiger partial charge in [-0.05, 0) is 47.4 Å². The molecular weight excluding hydrogens is 310 g/mol. The summed E-state index contributed by atoms with van der Waals surface area (Å²) in [6.45, 7) is 1.62. The van der Waals surface area contributed by atoms with Gasteiger partial charge in [0.2, 0.25) is 12.7 Å². The van der Waals surface area contributed by atoms with E-state index in [0.29, 0.717) is 12.4 Å². The summed E-state index contributed by atoms with van der Waals surface area (Å²) in [7, 11) is 0. The summed E-state index contributed by atoms with van der Waals surface area (Å²) in [4.78, 5) is 12.5. The van der Waals surface area contributed by atoms with Crippen LogP contribution in [-0.4, -0.2) is 39.5 Å². The zero-order chi connectivity index (χ0) is 16.4. The molecule has 0 saturated carbocycles. The number of nitrogens with one attached hydrogen (secondary N) is 1. The fourth-order valence-corrected chi connectivity index (χ4v) is 3.16. The van der Waals surface area contributed by atoms with Crippen molar-refractivity contribution in [2.45, 2.75) is 38.1 Å². The fraction of sp³-hybridized carbons (Fsp3) is 0.500. The molecule has 1 unspecified atom stereocenters. The summed E-state index contributed by atoms with van der Waals surface area (Å²) in [6, 6.07) is 5.85. The smallest absolute Gasteiger partial charge is 0.231 e. The average molecular weight is 329 g/mol. The van der Waals surface area contributed by atoms with E-state index in [-0.39, 0.29) is 18.6 Å². The second-order valence-electron chi connectivity index (χ2n) is 6.04. The van der Waals surface area contributed by atoms with Crippen molar-refractivity contribution in [1.29, 1.82) is 0 Å². The van der Waals surface area contributed by atoms with Crippen LogP contribution in [0.4, 0.5) is 0 Å². The highest BCUT2D eigenvalue weighted by Gasteiger charge is 2.28. The number of ether oxygens (including phenoxy) is 2. The van der Waals surface area contributed by atoms with Gasteiger partial charge in [0.05, 0.1) is 5.92 Å². The number of aryl methyl sites for hydroxylation is 1. The molecule has 0 radical (unpaired) electrons. The first-order chi connectivity index (χ1) is 11.8. The van der Waals surface area contributed by atoms with Crippen LogP contribution in [0.2, 0.25) is 0 Å². The second-order valence-corrected chi connectivity index (χ2v) is 6.04. The van der Waals surface area contributed by atoms with E-state index in [4.69, 9.17) is 9.47 Å². The average Bonchev–Trinajstić information content (AvgIpc) is 3.20. The van der Waals surface area contributed by atoms with Gasteiger partial charge in [-0.25, -0.2) is 4.68 Å². The molecule has 0 fully saturated rings. The van der Waals surface area contributed by atoms with E-state index in [2.05, 4.69) is 20.8 Å². The zero-order valence-corrected chi connectivity index (χ0v) is 13.3. The Balaban J connectivity index is 1.35. The molecular formula is C16H19N5O3. The number of amides is 1. The highest BCUT2D eigenvalue weighted by Crippen LogP contribution is 2.32.